The molecule has 0 radical (unpaired) electrons. The number of hydrogen-bond acceptors (Lipinski definition) is 2. The van der Waals surface area contributed by atoms with Gasteiger partial charge in [-0.15, -0.1) is 0 Å². The number of H-pyrrole nitrogens is 1. The number of fused-ring (bicyclic) bond motifs is 1. The molecule has 0 aliphatic heterocycles. The number of aromatic hydroxyl groups is 1. The first-order valence-corrected chi connectivity index (χ1v) is 7.15. The van der Waals surface area contributed by atoms with E-state index in [-0.39, 0.29) is 11.7 Å². The fraction of sp³-hybridized carbons (Fsp3) is 0.167. The van der Waals surface area contributed by atoms with Crippen molar-refractivity contribution in [2.24, 2.45) is 0 Å². The quantitative estimate of drug-likeness (QED) is 0.624. The number of nitrogens with one attached hydrogen (secondary N) is 2. The van der Waals surface area contributed by atoms with Crippen molar-refractivity contribution in [1.29, 1.82) is 0 Å². The molecular weight excluding hydrogens is 276 g/mol. The van der Waals surface area contributed by atoms with Gasteiger partial charge in [0.2, 0.25) is 0 Å². The number of anilines is 1. The number of aromatic amines is 1. The monoisotopic (exact) mass is 294 g/mol. The average Bonchev–Trinajstić information content (AvgIpc) is 2.77. The Labute approximate surface area is 128 Å². The maximum atomic E-state index is 12.4. The van der Waals surface area contributed by atoms with Crippen molar-refractivity contribution in [1.82, 2.24) is 4.98 Å². The zero-order chi connectivity index (χ0) is 15.9. The van der Waals surface area contributed by atoms with E-state index in [1.54, 1.807) is 18.2 Å². The normalized spacial score (nSPS) is 10.9. The van der Waals surface area contributed by atoms with Crippen molar-refractivity contribution in [2.45, 2.75) is 20.8 Å². The summed E-state index contributed by atoms with van der Waals surface area (Å²) in [5, 5.41) is 13.7. The van der Waals surface area contributed by atoms with E-state index in [1.807, 2.05) is 39.0 Å². The summed E-state index contributed by atoms with van der Waals surface area (Å²) in [7, 11) is 0. The van der Waals surface area contributed by atoms with Crippen LogP contribution < -0.4 is 5.32 Å². The number of carbonyl (C=O) groups excluding carboxylic acids is 1. The Balaban J connectivity index is 1.93. The molecule has 0 atom stereocenters. The maximum absolute atomic E-state index is 12.4. The minimum Gasteiger partial charge on any atom is -0.506 e. The highest BCUT2D eigenvalue weighted by molar-refractivity contribution is 6.07. The minimum atomic E-state index is -0.237. The van der Waals surface area contributed by atoms with Crippen LogP contribution in [0, 0.1) is 20.8 Å². The molecule has 22 heavy (non-hydrogen) atoms. The standard InChI is InChI=1S/C18H18N2O2/c1-10-4-6-16(17(21)8-10)20-18(22)13-5-7-15-14(9-13)11(2)12(3)19-15/h4-9,19,21H,1-3H3,(H,20,22). The predicted molar refractivity (Wildman–Crippen MR) is 88.6 cm³/mol. The van der Waals surface area contributed by atoms with Crippen LogP contribution in [0.2, 0.25) is 0 Å². The minimum absolute atomic E-state index is 0.0723. The van der Waals surface area contributed by atoms with Crippen molar-refractivity contribution in [2.75, 3.05) is 5.32 Å². The van der Waals surface area contributed by atoms with Crippen LogP contribution in [-0.2, 0) is 0 Å². The Morgan fingerprint density at radius 2 is 1.86 bits per heavy atom. The number of carbonyl (C=O) groups is 1. The van der Waals surface area contributed by atoms with Crippen LogP contribution in [0.4, 0.5) is 5.69 Å². The molecule has 1 heterocycles. The Kier molecular flexibility index (Phi) is 3.37. The molecule has 0 saturated carbocycles. The largest absolute Gasteiger partial charge is 0.506 e. The van der Waals surface area contributed by atoms with Crippen molar-refractivity contribution >= 4 is 22.5 Å². The second kappa shape index (κ2) is 5.22. The summed E-state index contributed by atoms with van der Waals surface area (Å²) >= 11 is 0. The lowest BCUT2D eigenvalue weighted by Gasteiger charge is -2.08. The number of phenols is 1. The number of amides is 1. The van der Waals surface area contributed by atoms with Crippen LogP contribution in [-0.4, -0.2) is 16.0 Å². The highest BCUT2D eigenvalue weighted by Gasteiger charge is 2.12. The topological polar surface area (TPSA) is 65.1 Å². The van der Waals surface area contributed by atoms with Gasteiger partial charge in [-0.2, -0.15) is 0 Å². The highest BCUT2D eigenvalue weighted by atomic mass is 16.3. The van der Waals surface area contributed by atoms with Crippen LogP contribution in [0.1, 0.15) is 27.2 Å². The molecule has 0 bridgehead atoms. The van der Waals surface area contributed by atoms with Gasteiger partial charge >= 0.3 is 0 Å². The molecule has 1 aromatic heterocycles. The molecule has 0 spiro atoms. The Morgan fingerprint density at radius 3 is 2.59 bits per heavy atom. The smallest absolute Gasteiger partial charge is 0.255 e. The van der Waals surface area contributed by atoms with Crippen molar-refractivity contribution in [3.8, 4) is 5.75 Å². The van der Waals surface area contributed by atoms with Crippen LogP contribution in [0.3, 0.4) is 0 Å². The summed E-state index contributed by atoms with van der Waals surface area (Å²) < 4.78 is 0. The Bertz CT molecular complexity index is 878. The molecule has 2 aromatic carbocycles. The van der Waals surface area contributed by atoms with Crippen molar-refractivity contribution < 1.29 is 9.90 Å². The van der Waals surface area contributed by atoms with E-state index in [0.29, 0.717) is 11.3 Å². The van der Waals surface area contributed by atoms with E-state index < -0.39 is 0 Å². The molecule has 0 aliphatic carbocycles. The van der Waals surface area contributed by atoms with Crippen LogP contribution in [0.25, 0.3) is 10.9 Å². The zero-order valence-corrected chi connectivity index (χ0v) is 12.8. The molecule has 3 N–H and O–H groups in total. The fourth-order valence-electron chi connectivity index (χ4n) is 2.54. The van der Waals surface area contributed by atoms with E-state index in [2.05, 4.69) is 10.3 Å². The lowest BCUT2D eigenvalue weighted by atomic mass is 10.1. The summed E-state index contributed by atoms with van der Waals surface area (Å²) in [6.45, 7) is 5.93. The molecule has 4 nitrogen and oxygen atoms in total. The number of benzene rings is 2. The first-order chi connectivity index (χ1) is 10.5. The van der Waals surface area contributed by atoms with E-state index in [4.69, 9.17) is 0 Å². The maximum Gasteiger partial charge on any atom is 0.255 e. The highest BCUT2D eigenvalue weighted by Crippen LogP contribution is 2.26. The van der Waals surface area contributed by atoms with Gasteiger partial charge in [0.05, 0.1) is 5.69 Å². The molecule has 0 aliphatic rings. The summed E-state index contributed by atoms with van der Waals surface area (Å²) in [4.78, 5) is 15.7. The van der Waals surface area contributed by atoms with Crippen LogP contribution in [0.5, 0.6) is 5.75 Å². The number of hydrogen-bond donors (Lipinski definition) is 3. The molecule has 3 aromatic rings. The number of aromatic nitrogens is 1. The molecule has 0 saturated heterocycles. The molecular formula is C18H18N2O2. The van der Waals surface area contributed by atoms with Gasteiger partial charge in [-0.1, -0.05) is 6.07 Å². The second-order valence-electron chi connectivity index (χ2n) is 5.61. The fourth-order valence-corrected chi connectivity index (χ4v) is 2.54. The zero-order valence-electron chi connectivity index (χ0n) is 12.8. The molecule has 1 amide bonds. The van der Waals surface area contributed by atoms with Crippen LogP contribution in [0.15, 0.2) is 36.4 Å². The van der Waals surface area contributed by atoms with Gasteiger partial charge in [-0.3, -0.25) is 4.79 Å². The first kappa shape index (κ1) is 14.2. The molecule has 4 heteroatoms. The summed E-state index contributed by atoms with van der Waals surface area (Å²) in [5.41, 5.74) is 5.18. The van der Waals surface area contributed by atoms with E-state index in [0.717, 1.165) is 27.7 Å². The third-order valence-corrected chi connectivity index (χ3v) is 3.97. The van der Waals surface area contributed by atoms with Gasteiger partial charge in [0, 0.05) is 22.2 Å². The lowest BCUT2D eigenvalue weighted by Crippen LogP contribution is -2.11. The summed E-state index contributed by atoms with van der Waals surface area (Å²) in [6.07, 6.45) is 0. The first-order valence-electron chi connectivity index (χ1n) is 7.15. The summed E-state index contributed by atoms with van der Waals surface area (Å²) in [5.74, 6) is -0.164. The molecule has 3 rings (SSSR count). The van der Waals surface area contributed by atoms with E-state index in [9.17, 15) is 9.90 Å². The van der Waals surface area contributed by atoms with Crippen LogP contribution >= 0.6 is 0 Å². The Morgan fingerprint density at radius 1 is 1.09 bits per heavy atom. The number of phenolic OH excluding ortho intramolecular Hbond substituents is 1. The van der Waals surface area contributed by atoms with Crippen molar-refractivity contribution in [3.05, 3.63) is 58.8 Å². The van der Waals surface area contributed by atoms with Gasteiger partial charge in [0.25, 0.3) is 5.91 Å². The lowest BCUT2D eigenvalue weighted by molar-refractivity contribution is 0.102. The third-order valence-electron chi connectivity index (χ3n) is 3.97. The third kappa shape index (κ3) is 2.44. The molecule has 112 valence electrons. The SMILES string of the molecule is Cc1ccc(NC(=O)c2ccc3[nH]c(C)c(C)c3c2)c(O)c1. The number of aryl methyl sites for hydroxylation is 3. The van der Waals surface area contributed by atoms with E-state index in [1.165, 1.54) is 0 Å². The predicted octanol–water partition coefficient (Wildman–Crippen LogP) is 4.05. The van der Waals surface area contributed by atoms with Gasteiger partial charge in [0.15, 0.2) is 0 Å². The van der Waals surface area contributed by atoms with Gasteiger partial charge in [-0.05, 0) is 62.2 Å². The van der Waals surface area contributed by atoms with Gasteiger partial charge in [-0.25, -0.2) is 0 Å². The van der Waals surface area contributed by atoms with E-state index >= 15 is 0 Å². The second-order valence-corrected chi connectivity index (χ2v) is 5.61. The average molecular weight is 294 g/mol. The number of rotatable bonds is 2. The molecule has 0 unspecified atom stereocenters. The van der Waals surface area contributed by atoms with Gasteiger partial charge < -0.3 is 15.4 Å². The van der Waals surface area contributed by atoms with Gasteiger partial charge in [0.1, 0.15) is 5.75 Å². The molecule has 0 fully saturated rings. The Hall–Kier alpha value is -2.75. The van der Waals surface area contributed by atoms with Crippen molar-refractivity contribution in [3.63, 3.8) is 0 Å². The summed E-state index contributed by atoms with van der Waals surface area (Å²) in [6, 6.07) is 10.7.